The molecule has 1 aromatic heterocycles. The molecular formula is C9H12BrN3O3. The van der Waals surface area contributed by atoms with Crippen molar-refractivity contribution in [2.45, 2.75) is 6.10 Å². The normalized spacial score (nSPS) is 21.1. The number of ether oxygens (including phenoxy) is 1. The molecule has 0 bridgehead atoms. The van der Waals surface area contributed by atoms with E-state index in [1.165, 1.54) is 6.33 Å². The summed E-state index contributed by atoms with van der Waals surface area (Å²) in [7, 11) is 0. The molecule has 1 aliphatic rings. The summed E-state index contributed by atoms with van der Waals surface area (Å²) in [5.74, 6) is 0.588. The number of aliphatic hydroxyl groups excluding tert-OH is 1. The van der Waals surface area contributed by atoms with Gasteiger partial charge in [0.25, 0.3) is 5.56 Å². The molecule has 2 N–H and O–H groups in total. The monoisotopic (exact) mass is 289 g/mol. The fourth-order valence-corrected chi connectivity index (χ4v) is 2.08. The van der Waals surface area contributed by atoms with E-state index in [4.69, 9.17) is 9.84 Å². The minimum Gasteiger partial charge on any atom is -0.394 e. The molecule has 1 unspecified atom stereocenters. The zero-order valence-electron chi connectivity index (χ0n) is 8.52. The van der Waals surface area contributed by atoms with Crippen molar-refractivity contribution in [1.82, 2.24) is 9.97 Å². The van der Waals surface area contributed by atoms with E-state index in [-0.39, 0.29) is 18.3 Å². The highest BCUT2D eigenvalue weighted by molar-refractivity contribution is 9.10. The maximum Gasteiger partial charge on any atom is 0.267 e. The van der Waals surface area contributed by atoms with E-state index in [1.54, 1.807) is 0 Å². The van der Waals surface area contributed by atoms with E-state index in [9.17, 15) is 4.79 Å². The topological polar surface area (TPSA) is 78.5 Å². The number of aliphatic hydroxyl groups is 1. The lowest BCUT2D eigenvalue weighted by molar-refractivity contribution is 0.00331. The molecule has 0 saturated carbocycles. The molecule has 1 atom stereocenters. The van der Waals surface area contributed by atoms with Crippen LogP contribution in [0.5, 0.6) is 0 Å². The van der Waals surface area contributed by atoms with E-state index in [1.807, 2.05) is 4.90 Å². The van der Waals surface area contributed by atoms with Gasteiger partial charge in [-0.2, -0.15) is 0 Å². The average molecular weight is 290 g/mol. The number of anilines is 1. The lowest BCUT2D eigenvalue weighted by Crippen LogP contribution is -2.45. The predicted octanol–water partition coefficient (Wildman–Crippen LogP) is -0.270. The van der Waals surface area contributed by atoms with Crippen LogP contribution >= 0.6 is 15.9 Å². The lowest BCUT2D eigenvalue weighted by atomic mass is 10.3. The Morgan fingerprint density at radius 3 is 3.31 bits per heavy atom. The van der Waals surface area contributed by atoms with E-state index in [0.717, 1.165) is 0 Å². The van der Waals surface area contributed by atoms with E-state index < -0.39 is 0 Å². The van der Waals surface area contributed by atoms with Crippen molar-refractivity contribution in [2.24, 2.45) is 0 Å². The standard InChI is InChI=1S/C9H12BrN3O3/c10-7-8(11-5-12-9(7)15)13-1-2-16-6(3-13)4-14/h5-6,14H,1-4H2,(H,11,12,15). The first-order valence-electron chi connectivity index (χ1n) is 4.93. The van der Waals surface area contributed by atoms with Crippen LogP contribution < -0.4 is 10.5 Å². The molecule has 16 heavy (non-hydrogen) atoms. The van der Waals surface area contributed by atoms with Crippen LogP contribution in [-0.2, 0) is 4.74 Å². The Bertz CT molecular complexity index is 423. The molecule has 0 aliphatic carbocycles. The number of hydrogen-bond acceptors (Lipinski definition) is 5. The summed E-state index contributed by atoms with van der Waals surface area (Å²) >= 11 is 3.21. The van der Waals surface area contributed by atoms with Crippen molar-refractivity contribution < 1.29 is 9.84 Å². The smallest absolute Gasteiger partial charge is 0.267 e. The van der Waals surface area contributed by atoms with Crippen LogP contribution in [0.3, 0.4) is 0 Å². The molecule has 1 aromatic rings. The Hall–Kier alpha value is -0.920. The van der Waals surface area contributed by atoms with Gasteiger partial charge in [0.2, 0.25) is 0 Å². The van der Waals surface area contributed by atoms with E-state index in [2.05, 4.69) is 25.9 Å². The largest absolute Gasteiger partial charge is 0.394 e. The molecular weight excluding hydrogens is 278 g/mol. The summed E-state index contributed by atoms with van der Waals surface area (Å²) in [4.78, 5) is 19.9. The number of hydrogen-bond donors (Lipinski definition) is 2. The fraction of sp³-hybridized carbons (Fsp3) is 0.556. The molecule has 2 rings (SSSR count). The van der Waals surface area contributed by atoms with E-state index in [0.29, 0.717) is 30.0 Å². The molecule has 7 heteroatoms. The fourth-order valence-electron chi connectivity index (χ4n) is 1.62. The van der Waals surface area contributed by atoms with Crippen molar-refractivity contribution in [3.8, 4) is 0 Å². The number of nitrogens with one attached hydrogen (secondary N) is 1. The van der Waals surface area contributed by atoms with Crippen LogP contribution in [0.1, 0.15) is 0 Å². The number of aromatic amines is 1. The molecule has 0 aromatic carbocycles. The summed E-state index contributed by atoms with van der Waals surface area (Å²) in [6.45, 7) is 1.68. The van der Waals surface area contributed by atoms with Gasteiger partial charge in [0.1, 0.15) is 10.3 Å². The zero-order chi connectivity index (χ0) is 11.5. The van der Waals surface area contributed by atoms with Gasteiger partial charge in [-0.1, -0.05) is 0 Å². The maximum atomic E-state index is 11.4. The van der Waals surface area contributed by atoms with Gasteiger partial charge in [-0.05, 0) is 15.9 Å². The summed E-state index contributed by atoms with van der Waals surface area (Å²) in [6, 6.07) is 0. The highest BCUT2D eigenvalue weighted by Crippen LogP contribution is 2.21. The van der Waals surface area contributed by atoms with Crippen LogP contribution in [0.4, 0.5) is 5.82 Å². The second kappa shape index (κ2) is 4.94. The number of morpholine rings is 1. The van der Waals surface area contributed by atoms with Crippen molar-refractivity contribution in [3.05, 3.63) is 21.2 Å². The lowest BCUT2D eigenvalue weighted by Gasteiger charge is -2.33. The second-order valence-corrected chi connectivity index (χ2v) is 4.28. The molecule has 6 nitrogen and oxygen atoms in total. The third kappa shape index (κ3) is 2.26. The van der Waals surface area contributed by atoms with E-state index >= 15 is 0 Å². The van der Waals surface area contributed by atoms with Crippen molar-refractivity contribution in [2.75, 3.05) is 31.2 Å². The summed E-state index contributed by atoms with van der Waals surface area (Å²) in [6.07, 6.45) is 1.15. The molecule has 1 aliphatic heterocycles. The first-order valence-corrected chi connectivity index (χ1v) is 5.72. The second-order valence-electron chi connectivity index (χ2n) is 3.49. The van der Waals surface area contributed by atoms with Gasteiger partial charge in [0.05, 0.1) is 25.6 Å². The number of H-pyrrole nitrogens is 1. The van der Waals surface area contributed by atoms with Gasteiger partial charge in [-0.25, -0.2) is 4.98 Å². The number of rotatable bonds is 2. The van der Waals surface area contributed by atoms with Gasteiger partial charge in [-0.3, -0.25) is 4.79 Å². The Morgan fingerprint density at radius 2 is 2.56 bits per heavy atom. The Labute approximate surface area is 100 Å². The first-order chi connectivity index (χ1) is 7.72. The van der Waals surface area contributed by atoms with Crippen LogP contribution in [0.15, 0.2) is 15.6 Å². The Balaban J connectivity index is 2.23. The third-order valence-electron chi connectivity index (χ3n) is 2.42. The molecule has 1 saturated heterocycles. The minimum absolute atomic E-state index is 0.0304. The van der Waals surface area contributed by atoms with Gasteiger partial charge in [0, 0.05) is 13.1 Å². The highest BCUT2D eigenvalue weighted by Gasteiger charge is 2.22. The molecule has 1 fully saturated rings. The Kier molecular flexibility index (Phi) is 3.57. The van der Waals surface area contributed by atoms with Crippen LogP contribution in [0.2, 0.25) is 0 Å². The van der Waals surface area contributed by atoms with Crippen LogP contribution in [-0.4, -0.2) is 47.5 Å². The van der Waals surface area contributed by atoms with Gasteiger partial charge < -0.3 is 19.7 Å². The number of halogens is 1. The number of nitrogens with zero attached hydrogens (tertiary/aromatic N) is 2. The van der Waals surface area contributed by atoms with Crippen LogP contribution in [0.25, 0.3) is 0 Å². The number of aromatic nitrogens is 2. The first kappa shape index (κ1) is 11.6. The molecule has 2 heterocycles. The average Bonchev–Trinajstić information content (AvgIpc) is 2.33. The van der Waals surface area contributed by atoms with Gasteiger partial charge in [-0.15, -0.1) is 0 Å². The predicted molar refractivity (Wildman–Crippen MR) is 61.6 cm³/mol. The summed E-state index contributed by atoms with van der Waals surface area (Å²) in [5.41, 5.74) is -0.211. The van der Waals surface area contributed by atoms with Crippen LogP contribution in [0, 0.1) is 0 Å². The quantitative estimate of drug-likeness (QED) is 0.784. The molecule has 0 amide bonds. The SMILES string of the molecule is O=c1[nH]cnc(N2CCOC(CO)C2)c1Br. The van der Waals surface area contributed by atoms with Crippen molar-refractivity contribution >= 4 is 21.7 Å². The Morgan fingerprint density at radius 1 is 1.75 bits per heavy atom. The summed E-state index contributed by atoms with van der Waals surface area (Å²) < 4.78 is 5.74. The highest BCUT2D eigenvalue weighted by atomic mass is 79.9. The third-order valence-corrected chi connectivity index (χ3v) is 3.13. The maximum absolute atomic E-state index is 11.4. The molecule has 0 radical (unpaired) electrons. The molecule has 88 valence electrons. The van der Waals surface area contributed by atoms with Gasteiger partial charge in [0.15, 0.2) is 0 Å². The zero-order valence-corrected chi connectivity index (χ0v) is 10.1. The van der Waals surface area contributed by atoms with Crippen molar-refractivity contribution in [1.29, 1.82) is 0 Å². The minimum atomic E-state index is -0.221. The summed E-state index contributed by atoms with van der Waals surface area (Å²) in [5, 5.41) is 9.03. The van der Waals surface area contributed by atoms with Gasteiger partial charge >= 0.3 is 0 Å². The molecule has 0 spiro atoms. The van der Waals surface area contributed by atoms with Crippen molar-refractivity contribution in [3.63, 3.8) is 0 Å².